The second kappa shape index (κ2) is 2.12. The number of rotatable bonds is 1. The molecule has 1 aromatic carbocycles. The molecule has 1 fully saturated rings. The first-order valence-electron chi connectivity index (χ1n) is 4.42. The zero-order valence-corrected chi connectivity index (χ0v) is 7.16. The molecule has 1 aliphatic carbocycles. The van der Waals surface area contributed by atoms with Crippen LogP contribution in [0, 0.1) is 0 Å². The first kappa shape index (κ1) is 7.09. The first-order chi connectivity index (χ1) is 6.30. The summed E-state index contributed by atoms with van der Waals surface area (Å²) in [5.74, 6) is 0. The van der Waals surface area contributed by atoms with Gasteiger partial charge in [-0.25, -0.2) is 0 Å². The molecule has 0 atom stereocenters. The number of benzene rings is 1. The van der Waals surface area contributed by atoms with Crippen molar-refractivity contribution in [2.75, 3.05) is 0 Å². The normalized spacial score (nSPS) is 19.2. The van der Waals surface area contributed by atoms with E-state index in [1.807, 2.05) is 18.2 Å². The Kier molecular flexibility index (Phi) is 1.15. The molecule has 1 saturated carbocycles. The molecular formula is C10H10N2O. The fourth-order valence-electron chi connectivity index (χ4n) is 1.70. The summed E-state index contributed by atoms with van der Waals surface area (Å²) in [6, 6.07) is 6.03. The quantitative estimate of drug-likeness (QED) is 0.716. The van der Waals surface area contributed by atoms with Crippen molar-refractivity contribution in [3.8, 4) is 0 Å². The minimum Gasteiger partial charge on any atom is -0.363 e. The molecule has 13 heavy (non-hydrogen) atoms. The van der Waals surface area contributed by atoms with E-state index in [1.165, 1.54) is 0 Å². The summed E-state index contributed by atoms with van der Waals surface area (Å²) in [5, 5.41) is 5.01. The van der Waals surface area contributed by atoms with Gasteiger partial charge in [0.2, 0.25) is 0 Å². The van der Waals surface area contributed by atoms with Crippen molar-refractivity contribution in [1.29, 1.82) is 0 Å². The molecule has 0 radical (unpaired) electrons. The maximum atomic E-state index is 6.11. The van der Waals surface area contributed by atoms with E-state index in [0.29, 0.717) is 0 Å². The summed E-state index contributed by atoms with van der Waals surface area (Å²) >= 11 is 0. The van der Waals surface area contributed by atoms with Crippen molar-refractivity contribution >= 4 is 10.9 Å². The lowest BCUT2D eigenvalue weighted by atomic mass is 10.0. The number of nitrogens with two attached hydrogens (primary N) is 1. The van der Waals surface area contributed by atoms with E-state index in [4.69, 9.17) is 10.3 Å². The zero-order valence-electron chi connectivity index (χ0n) is 7.16. The predicted octanol–water partition coefficient (Wildman–Crippen LogP) is 1.78. The Balaban J connectivity index is 2.33. The van der Waals surface area contributed by atoms with Crippen molar-refractivity contribution in [1.82, 2.24) is 5.16 Å². The Bertz CT molecular complexity index is 457. The number of aromatic nitrogens is 1. The molecule has 3 heteroatoms. The van der Waals surface area contributed by atoms with Crippen molar-refractivity contribution < 1.29 is 4.52 Å². The number of hydrogen-bond acceptors (Lipinski definition) is 3. The molecule has 2 aromatic rings. The molecule has 0 bridgehead atoms. The van der Waals surface area contributed by atoms with E-state index in [0.717, 1.165) is 29.3 Å². The number of hydrogen-bond donors (Lipinski definition) is 1. The van der Waals surface area contributed by atoms with Crippen molar-refractivity contribution in [2.24, 2.45) is 5.73 Å². The van der Waals surface area contributed by atoms with Crippen LogP contribution in [-0.4, -0.2) is 5.16 Å². The minimum atomic E-state index is -0.129. The standard InChI is InChI=1S/C10H10N2O/c11-10(4-5-10)8-3-1-2-7-6-13-12-9(7)8/h1-3,6H,4-5,11H2. The lowest BCUT2D eigenvalue weighted by Gasteiger charge is -2.07. The number of nitrogens with zero attached hydrogens (tertiary/aromatic N) is 1. The first-order valence-corrected chi connectivity index (χ1v) is 4.42. The average molecular weight is 174 g/mol. The highest BCUT2D eigenvalue weighted by Crippen LogP contribution is 2.44. The van der Waals surface area contributed by atoms with Crippen LogP contribution in [0.3, 0.4) is 0 Å². The molecule has 1 aromatic heterocycles. The summed E-state index contributed by atoms with van der Waals surface area (Å²) < 4.78 is 4.92. The summed E-state index contributed by atoms with van der Waals surface area (Å²) in [7, 11) is 0. The van der Waals surface area contributed by atoms with Crippen LogP contribution in [0.5, 0.6) is 0 Å². The molecule has 1 aliphatic rings. The molecule has 1 heterocycles. The maximum Gasteiger partial charge on any atom is 0.131 e. The van der Waals surface area contributed by atoms with E-state index in [2.05, 4.69) is 5.16 Å². The summed E-state index contributed by atoms with van der Waals surface area (Å²) in [6.07, 6.45) is 3.77. The highest BCUT2D eigenvalue weighted by Gasteiger charge is 2.41. The SMILES string of the molecule is NC1(c2cccc3conc23)CC1. The number of fused-ring (bicyclic) bond motifs is 1. The Morgan fingerprint density at radius 1 is 1.38 bits per heavy atom. The van der Waals surface area contributed by atoms with E-state index < -0.39 is 0 Å². The smallest absolute Gasteiger partial charge is 0.131 e. The molecule has 0 aliphatic heterocycles. The molecule has 0 saturated heterocycles. The van der Waals surface area contributed by atoms with Crippen LogP contribution in [0.1, 0.15) is 18.4 Å². The van der Waals surface area contributed by atoms with Crippen LogP contribution in [-0.2, 0) is 5.54 Å². The molecule has 0 unspecified atom stereocenters. The lowest BCUT2D eigenvalue weighted by molar-refractivity contribution is 0.427. The van der Waals surface area contributed by atoms with Gasteiger partial charge in [0.05, 0.1) is 0 Å². The summed E-state index contributed by atoms with van der Waals surface area (Å²) in [4.78, 5) is 0. The van der Waals surface area contributed by atoms with Crippen LogP contribution >= 0.6 is 0 Å². The highest BCUT2D eigenvalue weighted by molar-refractivity contribution is 5.82. The van der Waals surface area contributed by atoms with Gasteiger partial charge in [-0.05, 0) is 18.9 Å². The Morgan fingerprint density at radius 2 is 2.23 bits per heavy atom. The van der Waals surface area contributed by atoms with Crippen molar-refractivity contribution in [2.45, 2.75) is 18.4 Å². The minimum absolute atomic E-state index is 0.129. The summed E-state index contributed by atoms with van der Waals surface area (Å²) in [6.45, 7) is 0. The van der Waals surface area contributed by atoms with Gasteiger partial charge in [-0.2, -0.15) is 0 Å². The highest BCUT2D eigenvalue weighted by atomic mass is 16.5. The van der Waals surface area contributed by atoms with Crippen LogP contribution in [0.4, 0.5) is 0 Å². The largest absolute Gasteiger partial charge is 0.363 e. The van der Waals surface area contributed by atoms with Crippen molar-refractivity contribution in [3.05, 3.63) is 30.0 Å². The topological polar surface area (TPSA) is 52.0 Å². The van der Waals surface area contributed by atoms with E-state index in [1.54, 1.807) is 6.26 Å². The molecule has 0 amide bonds. The third kappa shape index (κ3) is 0.906. The van der Waals surface area contributed by atoms with Gasteiger partial charge in [0, 0.05) is 16.5 Å². The van der Waals surface area contributed by atoms with Gasteiger partial charge in [-0.15, -0.1) is 0 Å². The van der Waals surface area contributed by atoms with Crippen LogP contribution < -0.4 is 5.73 Å². The summed E-state index contributed by atoms with van der Waals surface area (Å²) in [5.41, 5.74) is 8.03. The zero-order chi connectivity index (χ0) is 8.89. The van der Waals surface area contributed by atoms with Gasteiger partial charge < -0.3 is 10.3 Å². The molecule has 0 spiro atoms. The van der Waals surface area contributed by atoms with Crippen LogP contribution in [0.25, 0.3) is 10.9 Å². The van der Waals surface area contributed by atoms with Gasteiger partial charge in [-0.3, -0.25) is 0 Å². The van der Waals surface area contributed by atoms with E-state index >= 15 is 0 Å². The van der Waals surface area contributed by atoms with Crippen molar-refractivity contribution in [3.63, 3.8) is 0 Å². The third-order valence-electron chi connectivity index (χ3n) is 2.72. The molecule has 2 N–H and O–H groups in total. The molecule has 66 valence electrons. The van der Waals surface area contributed by atoms with E-state index in [-0.39, 0.29) is 5.54 Å². The van der Waals surface area contributed by atoms with Crippen LogP contribution in [0.2, 0.25) is 0 Å². The molecular weight excluding hydrogens is 164 g/mol. The molecule has 3 rings (SSSR count). The van der Waals surface area contributed by atoms with Gasteiger partial charge in [0.15, 0.2) is 0 Å². The van der Waals surface area contributed by atoms with Gasteiger partial charge >= 0.3 is 0 Å². The third-order valence-corrected chi connectivity index (χ3v) is 2.72. The van der Waals surface area contributed by atoms with Gasteiger partial charge in [0.1, 0.15) is 11.8 Å². The molecule has 3 nitrogen and oxygen atoms in total. The second-order valence-electron chi connectivity index (χ2n) is 3.71. The van der Waals surface area contributed by atoms with Gasteiger partial charge in [-0.1, -0.05) is 17.3 Å². The van der Waals surface area contributed by atoms with Gasteiger partial charge in [0.25, 0.3) is 0 Å². The van der Waals surface area contributed by atoms with E-state index in [9.17, 15) is 0 Å². The maximum absolute atomic E-state index is 6.11. The lowest BCUT2D eigenvalue weighted by Crippen LogP contribution is -2.18. The second-order valence-corrected chi connectivity index (χ2v) is 3.71. The Hall–Kier alpha value is -1.35. The fourth-order valence-corrected chi connectivity index (χ4v) is 1.70. The Labute approximate surface area is 75.5 Å². The monoisotopic (exact) mass is 174 g/mol. The average Bonchev–Trinajstić information content (AvgIpc) is 2.72. The fraction of sp³-hybridized carbons (Fsp3) is 0.300. The Morgan fingerprint density at radius 3 is 3.00 bits per heavy atom. The predicted molar refractivity (Wildman–Crippen MR) is 49.1 cm³/mol. The van der Waals surface area contributed by atoms with Crippen LogP contribution in [0.15, 0.2) is 29.0 Å².